The first-order chi connectivity index (χ1) is 7.78. The minimum absolute atomic E-state index is 0.659. The zero-order valence-electron chi connectivity index (χ0n) is 8.94. The molecular formula is C12H14ClN3. The average molecular weight is 236 g/mol. The van der Waals surface area contributed by atoms with Gasteiger partial charge in [0.05, 0.1) is 12.7 Å². The molecule has 0 spiro atoms. The van der Waals surface area contributed by atoms with E-state index in [0.29, 0.717) is 6.54 Å². The zero-order chi connectivity index (χ0) is 11.4. The largest absolute Gasteiger partial charge is 0.330 e. The zero-order valence-corrected chi connectivity index (χ0v) is 9.69. The standard InChI is InChI=1S/C12H14ClN3/c13-12-3-1-10(2-4-12)8-16-9-11(5-6-14)7-15-16/h1-4,7,9H,5-6,8,14H2. The van der Waals surface area contributed by atoms with Crippen molar-refractivity contribution < 1.29 is 0 Å². The molecule has 84 valence electrons. The Hall–Kier alpha value is -1.32. The Morgan fingerprint density at radius 2 is 1.94 bits per heavy atom. The van der Waals surface area contributed by atoms with Gasteiger partial charge >= 0.3 is 0 Å². The molecule has 0 aliphatic heterocycles. The molecule has 0 bridgehead atoms. The smallest absolute Gasteiger partial charge is 0.0659 e. The van der Waals surface area contributed by atoms with Crippen LogP contribution in [0.5, 0.6) is 0 Å². The maximum Gasteiger partial charge on any atom is 0.0659 e. The summed E-state index contributed by atoms with van der Waals surface area (Å²) in [6.07, 6.45) is 4.77. The lowest BCUT2D eigenvalue weighted by molar-refractivity contribution is 0.686. The van der Waals surface area contributed by atoms with Crippen molar-refractivity contribution in [2.24, 2.45) is 5.73 Å². The van der Waals surface area contributed by atoms with Crippen molar-refractivity contribution in [1.29, 1.82) is 0 Å². The number of halogens is 1. The quantitative estimate of drug-likeness (QED) is 0.882. The molecule has 2 aromatic rings. The van der Waals surface area contributed by atoms with Crippen LogP contribution in [-0.4, -0.2) is 16.3 Å². The van der Waals surface area contributed by atoms with Gasteiger partial charge in [0.15, 0.2) is 0 Å². The number of nitrogens with two attached hydrogens (primary N) is 1. The van der Waals surface area contributed by atoms with Gasteiger partial charge in [-0.3, -0.25) is 4.68 Å². The maximum absolute atomic E-state index is 5.82. The Labute approximate surface area is 99.8 Å². The van der Waals surface area contributed by atoms with Crippen molar-refractivity contribution >= 4 is 11.6 Å². The lowest BCUT2D eigenvalue weighted by atomic mass is 10.2. The van der Waals surface area contributed by atoms with E-state index < -0.39 is 0 Å². The van der Waals surface area contributed by atoms with E-state index in [-0.39, 0.29) is 0 Å². The van der Waals surface area contributed by atoms with Crippen LogP contribution in [0.4, 0.5) is 0 Å². The van der Waals surface area contributed by atoms with Crippen LogP contribution in [0.1, 0.15) is 11.1 Å². The monoisotopic (exact) mass is 235 g/mol. The fourth-order valence-electron chi connectivity index (χ4n) is 1.57. The molecule has 2 N–H and O–H groups in total. The van der Waals surface area contributed by atoms with Crippen molar-refractivity contribution in [3.8, 4) is 0 Å². The van der Waals surface area contributed by atoms with Crippen LogP contribution in [0.2, 0.25) is 5.02 Å². The van der Waals surface area contributed by atoms with Crippen LogP contribution in [0, 0.1) is 0 Å². The summed E-state index contributed by atoms with van der Waals surface area (Å²) in [5.74, 6) is 0. The highest BCUT2D eigenvalue weighted by Crippen LogP contribution is 2.10. The maximum atomic E-state index is 5.82. The van der Waals surface area contributed by atoms with E-state index in [0.717, 1.165) is 18.0 Å². The van der Waals surface area contributed by atoms with Gasteiger partial charge in [0, 0.05) is 11.2 Å². The topological polar surface area (TPSA) is 43.8 Å². The van der Waals surface area contributed by atoms with Crippen LogP contribution in [0.3, 0.4) is 0 Å². The molecular weight excluding hydrogens is 222 g/mol. The van der Waals surface area contributed by atoms with Gasteiger partial charge in [-0.05, 0) is 36.2 Å². The first-order valence-electron chi connectivity index (χ1n) is 5.24. The Balaban J connectivity index is 2.05. The molecule has 0 fully saturated rings. The highest BCUT2D eigenvalue weighted by molar-refractivity contribution is 6.30. The molecule has 2 rings (SSSR count). The third-order valence-electron chi connectivity index (χ3n) is 2.38. The SMILES string of the molecule is NCCc1cnn(Cc2ccc(Cl)cc2)c1. The second-order valence-electron chi connectivity index (χ2n) is 3.71. The Kier molecular flexibility index (Phi) is 3.59. The fraction of sp³-hybridized carbons (Fsp3) is 0.250. The molecule has 1 heterocycles. The van der Waals surface area contributed by atoms with Gasteiger partial charge in [0.1, 0.15) is 0 Å². The Bertz CT molecular complexity index is 448. The van der Waals surface area contributed by atoms with Gasteiger partial charge in [-0.2, -0.15) is 5.10 Å². The molecule has 4 heteroatoms. The molecule has 0 aliphatic carbocycles. The first kappa shape index (κ1) is 11.2. The molecule has 0 unspecified atom stereocenters. The lowest BCUT2D eigenvalue weighted by Gasteiger charge is -2.01. The summed E-state index contributed by atoms with van der Waals surface area (Å²) < 4.78 is 1.91. The van der Waals surface area contributed by atoms with Crippen molar-refractivity contribution in [2.45, 2.75) is 13.0 Å². The van der Waals surface area contributed by atoms with E-state index in [1.807, 2.05) is 41.3 Å². The third kappa shape index (κ3) is 2.84. The van der Waals surface area contributed by atoms with Crippen molar-refractivity contribution in [2.75, 3.05) is 6.54 Å². The third-order valence-corrected chi connectivity index (χ3v) is 2.63. The van der Waals surface area contributed by atoms with Gasteiger partial charge < -0.3 is 5.73 Å². The van der Waals surface area contributed by atoms with Crippen LogP contribution < -0.4 is 5.73 Å². The van der Waals surface area contributed by atoms with Crippen LogP contribution >= 0.6 is 11.6 Å². The molecule has 3 nitrogen and oxygen atoms in total. The molecule has 0 radical (unpaired) electrons. The summed E-state index contributed by atoms with van der Waals surface area (Å²) in [6, 6.07) is 7.79. The predicted octanol–water partition coefficient (Wildman–Crippen LogP) is 2.09. The molecule has 0 amide bonds. The second kappa shape index (κ2) is 5.14. The minimum atomic E-state index is 0.659. The minimum Gasteiger partial charge on any atom is -0.330 e. The van der Waals surface area contributed by atoms with Gasteiger partial charge in [0.25, 0.3) is 0 Å². The van der Waals surface area contributed by atoms with Gasteiger partial charge in [-0.25, -0.2) is 0 Å². The van der Waals surface area contributed by atoms with E-state index >= 15 is 0 Å². The number of nitrogens with zero attached hydrogens (tertiary/aromatic N) is 2. The lowest BCUT2D eigenvalue weighted by Crippen LogP contribution is -2.02. The normalized spacial score (nSPS) is 10.6. The number of benzene rings is 1. The highest BCUT2D eigenvalue weighted by atomic mass is 35.5. The van der Waals surface area contributed by atoms with Gasteiger partial charge in [0.2, 0.25) is 0 Å². The molecule has 1 aromatic carbocycles. The molecule has 0 aliphatic rings. The molecule has 0 atom stereocenters. The number of hydrogen-bond acceptors (Lipinski definition) is 2. The summed E-state index contributed by atoms with van der Waals surface area (Å²) in [4.78, 5) is 0. The van der Waals surface area contributed by atoms with E-state index in [9.17, 15) is 0 Å². The van der Waals surface area contributed by atoms with Gasteiger partial charge in [-0.15, -0.1) is 0 Å². The number of aromatic nitrogens is 2. The summed E-state index contributed by atoms with van der Waals surface area (Å²) in [5, 5.41) is 5.04. The Morgan fingerprint density at radius 1 is 1.19 bits per heavy atom. The summed E-state index contributed by atoms with van der Waals surface area (Å²) in [7, 11) is 0. The summed E-state index contributed by atoms with van der Waals surface area (Å²) in [5.41, 5.74) is 7.85. The van der Waals surface area contributed by atoms with Crippen LogP contribution in [-0.2, 0) is 13.0 Å². The predicted molar refractivity (Wildman–Crippen MR) is 65.5 cm³/mol. The van der Waals surface area contributed by atoms with Crippen molar-refractivity contribution in [3.05, 3.63) is 52.8 Å². The fourth-order valence-corrected chi connectivity index (χ4v) is 1.69. The molecule has 1 aromatic heterocycles. The van der Waals surface area contributed by atoms with E-state index in [1.54, 1.807) is 0 Å². The van der Waals surface area contributed by atoms with Crippen molar-refractivity contribution in [1.82, 2.24) is 9.78 Å². The van der Waals surface area contributed by atoms with Crippen molar-refractivity contribution in [3.63, 3.8) is 0 Å². The number of rotatable bonds is 4. The Morgan fingerprint density at radius 3 is 2.62 bits per heavy atom. The van der Waals surface area contributed by atoms with E-state index in [1.165, 1.54) is 11.1 Å². The second-order valence-corrected chi connectivity index (χ2v) is 4.15. The first-order valence-corrected chi connectivity index (χ1v) is 5.61. The highest BCUT2D eigenvalue weighted by Gasteiger charge is 1.99. The van der Waals surface area contributed by atoms with Gasteiger partial charge in [-0.1, -0.05) is 23.7 Å². The molecule has 0 saturated heterocycles. The summed E-state index contributed by atoms with van der Waals surface area (Å²) >= 11 is 5.82. The van der Waals surface area contributed by atoms with E-state index in [4.69, 9.17) is 17.3 Å². The van der Waals surface area contributed by atoms with E-state index in [2.05, 4.69) is 5.10 Å². The van der Waals surface area contributed by atoms with Crippen LogP contribution in [0.15, 0.2) is 36.7 Å². The number of hydrogen-bond donors (Lipinski definition) is 1. The average Bonchev–Trinajstić information content (AvgIpc) is 2.70. The molecule has 16 heavy (non-hydrogen) atoms. The molecule has 0 saturated carbocycles. The van der Waals surface area contributed by atoms with Crippen LogP contribution in [0.25, 0.3) is 0 Å². The summed E-state index contributed by atoms with van der Waals surface area (Å²) in [6.45, 7) is 1.42.